The maximum Gasteiger partial charge on any atom is 0.152 e. The smallest absolute Gasteiger partial charge is 0.152 e. The quantitative estimate of drug-likeness (QED) is 0.367. The fourth-order valence-electron chi connectivity index (χ4n) is 1.94. The fraction of sp³-hybridized carbons (Fsp3) is 0. The van der Waals surface area contributed by atoms with Crippen molar-refractivity contribution in [2.75, 3.05) is 0 Å². The summed E-state index contributed by atoms with van der Waals surface area (Å²) in [4.78, 5) is 0. The van der Waals surface area contributed by atoms with E-state index >= 15 is 0 Å². The highest BCUT2D eigenvalue weighted by Gasteiger charge is 2.06. The molecule has 0 fully saturated rings. The molecule has 0 spiro atoms. The third-order valence-electron chi connectivity index (χ3n) is 3.02. The van der Waals surface area contributed by atoms with Crippen molar-refractivity contribution in [2.24, 2.45) is 0 Å². The summed E-state index contributed by atoms with van der Waals surface area (Å²) in [6, 6.07) is 9.22. The third kappa shape index (κ3) is 2.80. The van der Waals surface area contributed by atoms with Gasteiger partial charge in [-0.3, -0.25) is 0 Å². The van der Waals surface area contributed by atoms with Crippen molar-refractivity contribution in [3.05, 3.63) is 70.6 Å². The number of benzene rings is 2. The van der Waals surface area contributed by atoms with Gasteiger partial charge >= 0.3 is 0 Å². The first-order valence-corrected chi connectivity index (χ1v) is 6.95. The van der Waals surface area contributed by atoms with E-state index in [0.29, 0.717) is 16.6 Å². The molecule has 4 aromatic rings. The Labute approximate surface area is 133 Å². The van der Waals surface area contributed by atoms with Gasteiger partial charge in [-0.05, 0) is 30.3 Å². The van der Waals surface area contributed by atoms with Crippen LogP contribution >= 0.6 is 23.2 Å². The van der Waals surface area contributed by atoms with Gasteiger partial charge in [-0.15, -0.1) is 0 Å². The molecule has 0 aliphatic heterocycles. The van der Waals surface area contributed by atoms with Gasteiger partial charge in [0.05, 0.1) is 28.0 Å². The number of hydrogen-bond donors (Lipinski definition) is 0. The Hall–Kier alpha value is -2.04. The Morgan fingerprint density at radius 2 is 1.50 bits per heavy atom. The average Bonchev–Trinajstić information content (AvgIpc) is 3.13. The van der Waals surface area contributed by atoms with E-state index in [4.69, 9.17) is 32.0 Å². The lowest BCUT2D eigenvalue weighted by atomic mass is 10.2. The van der Waals surface area contributed by atoms with Gasteiger partial charge in [0, 0.05) is 11.5 Å². The van der Waals surface area contributed by atoms with Crippen LogP contribution in [0.2, 0.25) is 10.0 Å². The SMILES string of the molecule is Fc1c(Cl)ccc2occc12.Fc1cc2occc2cc1Cl. The van der Waals surface area contributed by atoms with Crippen molar-refractivity contribution in [1.82, 2.24) is 0 Å². The lowest BCUT2D eigenvalue weighted by molar-refractivity contribution is 0.599. The lowest BCUT2D eigenvalue weighted by Gasteiger charge is -1.92. The van der Waals surface area contributed by atoms with E-state index in [2.05, 4.69) is 0 Å². The molecule has 112 valence electrons. The molecule has 0 saturated carbocycles. The molecular formula is C16H8Cl2F2O2. The molecule has 2 heterocycles. The van der Waals surface area contributed by atoms with Gasteiger partial charge in [-0.1, -0.05) is 23.2 Å². The van der Waals surface area contributed by atoms with Gasteiger partial charge in [0.15, 0.2) is 5.82 Å². The summed E-state index contributed by atoms with van der Waals surface area (Å²) in [5, 5.41) is 1.49. The number of rotatable bonds is 0. The third-order valence-corrected chi connectivity index (χ3v) is 3.60. The Morgan fingerprint density at radius 1 is 0.773 bits per heavy atom. The predicted molar refractivity (Wildman–Crippen MR) is 82.4 cm³/mol. The minimum Gasteiger partial charge on any atom is -0.464 e. The molecule has 0 aliphatic rings. The molecule has 22 heavy (non-hydrogen) atoms. The number of halogens is 4. The molecule has 0 bridgehead atoms. The maximum atomic E-state index is 13.0. The van der Waals surface area contributed by atoms with E-state index in [1.807, 2.05) is 0 Å². The highest BCUT2D eigenvalue weighted by Crippen LogP contribution is 2.25. The van der Waals surface area contributed by atoms with Crippen molar-refractivity contribution in [3.8, 4) is 0 Å². The second-order valence-electron chi connectivity index (χ2n) is 4.42. The summed E-state index contributed by atoms with van der Waals surface area (Å²) in [5.74, 6) is -0.868. The highest BCUT2D eigenvalue weighted by atomic mass is 35.5. The van der Waals surface area contributed by atoms with Crippen LogP contribution in [0, 0.1) is 11.6 Å². The van der Waals surface area contributed by atoms with E-state index in [9.17, 15) is 8.78 Å². The Morgan fingerprint density at radius 3 is 2.32 bits per heavy atom. The second-order valence-corrected chi connectivity index (χ2v) is 5.23. The standard InChI is InChI=1S/2C8H4ClFO/c9-6-3-5-1-2-11-8(5)4-7(6)10;9-6-1-2-7-5(8(6)10)3-4-11-7/h2*1-4H. The normalized spacial score (nSPS) is 10.7. The van der Waals surface area contributed by atoms with Crippen LogP contribution < -0.4 is 0 Å². The maximum absolute atomic E-state index is 13.0. The Balaban J connectivity index is 0.000000131. The van der Waals surface area contributed by atoms with E-state index in [0.717, 1.165) is 5.39 Å². The number of fused-ring (bicyclic) bond motifs is 2. The molecule has 0 atom stereocenters. The zero-order valence-electron chi connectivity index (χ0n) is 10.9. The molecule has 0 N–H and O–H groups in total. The van der Waals surface area contributed by atoms with Crippen LogP contribution in [0.25, 0.3) is 21.9 Å². The fourth-order valence-corrected chi connectivity index (χ4v) is 2.28. The molecule has 6 heteroatoms. The molecule has 0 amide bonds. The van der Waals surface area contributed by atoms with Crippen LogP contribution in [0.4, 0.5) is 8.78 Å². The van der Waals surface area contributed by atoms with Gasteiger partial charge in [0.2, 0.25) is 0 Å². The predicted octanol–water partition coefficient (Wildman–Crippen LogP) is 6.45. The molecule has 4 rings (SSSR count). The first-order valence-electron chi connectivity index (χ1n) is 6.19. The van der Waals surface area contributed by atoms with Crippen molar-refractivity contribution >= 4 is 45.1 Å². The molecule has 0 radical (unpaired) electrons. The van der Waals surface area contributed by atoms with Crippen LogP contribution in [0.5, 0.6) is 0 Å². The molecule has 0 saturated heterocycles. The van der Waals surface area contributed by atoms with Crippen LogP contribution in [-0.4, -0.2) is 0 Å². The van der Waals surface area contributed by atoms with E-state index in [1.165, 1.54) is 30.7 Å². The van der Waals surface area contributed by atoms with Crippen molar-refractivity contribution in [1.29, 1.82) is 0 Å². The molecule has 0 unspecified atom stereocenters. The van der Waals surface area contributed by atoms with E-state index in [1.54, 1.807) is 18.2 Å². The monoisotopic (exact) mass is 340 g/mol. The van der Waals surface area contributed by atoms with Crippen LogP contribution in [0.1, 0.15) is 0 Å². The molecule has 2 nitrogen and oxygen atoms in total. The molecule has 0 aliphatic carbocycles. The van der Waals surface area contributed by atoms with Crippen molar-refractivity contribution in [3.63, 3.8) is 0 Å². The number of hydrogen-bond acceptors (Lipinski definition) is 2. The highest BCUT2D eigenvalue weighted by molar-refractivity contribution is 6.31. The lowest BCUT2D eigenvalue weighted by Crippen LogP contribution is -1.75. The van der Waals surface area contributed by atoms with Crippen molar-refractivity contribution in [2.45, 2.75) is 0 Å². The van der Waals surface area contributed by atoms with Crippen LogP contribution in [0.3, 0.4) is 0 Å². The van der Waals surface area contributed by atoms with E-state index in [-0.39, 0.29) is 10.0 Å². The zero-order chi connectivity index (χ0) is 15.7. The topological polar surface area (TPSA) is 26.3 Å². The minimum absolute atomic E-state index is 0.124. The van der Waals surface area contributed by atoms with Gasteiger partial charge < -0.3 is 8.83 Å². The minimum atomic E-state index is -0.450. The summed E-state index contributed by atoms with van der Waals surface area (Å²) < 4.78 is 35.7. The summed E-state index contributed by atoms with van der Waals surface area (Å²) in [6.45, 7) is 0. The largest absolute Gasteiger partial charge is 0.464 e. The number of furan rings is 2. The second kappa shape index (κ2) is 5.99. The van der Waals surface area contributed by atoms with Crippen LogP contribution in [-0.2, 0) is 0 Å². The van der Waals surface area contributed by atoms with Crippen molar-refractivity contribution < 1.29 is 17.6 Å². The Bertz CT molecular complexity index is 907. The summed E-state index contributed by atoms with van der Waals surface area (Å²) in [7, 11) is 0. The Kier molecular flexibility index (Phi) is 4.05. The van der Waals surface area contributed by atoms with Gasteiger partial charge in [-0.25, -0.2) is 8.78 Å². The zero-order valence-corrected chi connectivity index (χ0v) is 12.5. The average molecular weight is 341 g/mol. The van der Waals surface area contributed by atoms with Gasteiger partial charge in [0.25, 0.3) is 0 Å². The molecule has 2 aromatic heterocycles. The first-order chi connectivity index (χ1) is 10.6. The van der Waals surface area contributed by atoms with E-state index < -0.39 is 11.6 Å². The first kappa shape index (κ1) is 14.9. The summed E-state index contributed by atoms with van der Waals surface area (Å²) in [6.07, 6.45) is 2.94. The van der Waals surface area contributed by atoms with Gasteiger partial charge in [-0.2, -0.15) is 0 Å². The summed E-state index contributed by atoms with van der Waals surface area (Å²) in [5.41, 5.74) is 1.04. The van der Waals surface area contributed by atoms with Gasteiger partial charge in [0.1, 0.15) is 17.0 Å². The molecular weight excluding hydrogens is 333 g/mol. The summed E-state index contributed by atoms with van der Waals surface area (Å²) >= 11 is 11.1. The molecule has 2 aromatic carbocycles. The van der Waals surface area contributed by atoms with Crippen LogP contribution in [0.15, 0.2) is 57.8 Å².